The van der Waals surface area contributed by atoms with Gasteiger partial charge in [0.2, 0.25) is 0 Å². The van der Waals surface area contributed by atoms with Crippen LogP contribution in [0.2, 0.25) is 10.0 Å². The van der Waals surface area contributed by atoms with Crippen LogP contribution in [0.25, 0.3) is 0 Å². The van der Waals surface area contributed by atoms with Crippen LogP contribution in [0, 0.1) is 5.41 Å². The molecule has 6 heteroatoms. The van der Waals surface area contributed by atoms with Crippen LogP contribution in [0.3, 0.4) is 0 Å². The van der Waals surface area contributed by atoms with Crippen molar-refractivity contribution in [3.05, 3.63) is 27.7 Å². The molecule has 116 valence electrons. The molecule has 0 bridgehead atoms. The van der Waals surface area contributed by atoms with Crippen molar-refractivity contribution >= 4 is 34.8 Å². The number of anilines is 1. The maximum atomic E-state index is 12.3. The normalized spacial score (nSPS) is 17.5. The summed E-state index contributed by atoms with van der Waals surface area (Å²) >= 11 is 12.0. The third-order valence-electron chi connectivity index (χ3n) is 4.17. The van der Waals surface area contributed by atoms with E-state index in [2.05, 4.69) is 5.32 Å². The molecule has 1 aromatic carbocycles. The number of carbonyl (C=O) groups is 1. The highest BCUT2D eigenvalue weighted by molar-refractivity contribution is 6.44. The van der Waals surface area contributed by atoms with E-state index in [4.69, 9.17) is 28.9 Å². The van der Waals surface area contributed by atoms with Gasteiger partial charge in [-0.25, -0.2) is 0 Å². The second-order valence-corrected chi connectivity index (χ2v) is 6.55. The first kappa shape index (κ1) is 16.4. The van der Waals surface area contributed by atoms with Crippen molar-refractivity contribution in [3.8, 4) is 0 Å². The molecule has 1 fully saturated rings. The van der Waals surface area contributed by atoms with E-state index in [0.717, 1.165) is 25.7 Å². The molecule has 2 rings (SSSR count). The van der Waals surface area contributed by atoms with Crippen molar-refractivity contribution in [3.63, 3.8) is 0 Å². The van der Waals surface area contributed by atoms with Crippen molar-refractivity contribution in [1.29, 1.82) is 0 Å². The zero-order valence-corrected chi connectivity index (χ0v) is 13.3. The summed E-state index contributed by atoms with van der Waals surface area (Å²) in [6.45, 7) is 0.518. The Morgan fingerprint density at radius 1 is 1.29 bits per heavy atom. The first-order valence-electron chi connectivity index (χ1n) is 7.11. The molecule has 1 aliphatic rings. The second-order valence-electron chi connectivity index (χ2n) is 5.77. The number of carbonyl (C=O) groups excluding carboxylic acids is 1. The van der Waals surface area contributed by atoms with Crippen LogP contribution in [0.5, 0.6) is 0 Å². The van der Waals surface area contributed by atoms with Crippen molar-refractivity contribution in [2.45, 2.75) is 32.1 Å². The average Bonchev–Trinajstić information content (AvgIpc) is 2.49. The van der Waals surface area contributed by atoms with E-state index in [1.807, 2.05) is 0 Å². The highest BCUT2D eigenvalue weighted by atomic mass is 35.5. The summed E-state index contributed by atoms with van der Waals surface area (Å²) in [4.78, 5) is 12.3. The van der Waals surface area contributed by atoms with Gasteiger partial charge in [0.15, 0.2) is 0 Å². The van der Waals surface area contributed by atoms with Gasteiger partial charge in [-0.2, -0.15) is 0 Å². The van der Waals surface area contributed by atoms with E-state index >= 15 is 0 Å². The molecule has 1 saturated carbocycles. The minimum Gasteiger partial charge on any atom is -0.399 e. The standard InChI is InChI=1S/C15H20Cl2N2O2/c16-12-7-10(18)6-11(13(12)17)14(21)19-8-15(9-20)4-2-1-3-5-15/h6-7,20H,1-5,8-9,18H2,(H,19,21). The maximum Gasteiger partial charge on any atom is 0.252 e. The fourth-order valence-corrected chi connectivity index (χ4v) is 3.25. The van der Waals surface area contributed by atoms with Gasteiger partial charge >= 0.3 is 0 Å². The molecule has 21 heavy (non-hydrogen) atoms. The molecule has 4 nitrogen and oxygen atoms in total. The number of nitrogen functional groups attached to an aromatic ring is 1. The summed E-state index contributed by atoms with van der Waals surface area (Å²) in [6.07, 6.45) is 5.21. The quantitative estimate of drug-likeness (QED) is 0.742. The molecule has 0 aromatic heterocycles. The van der Waals surface area contributed by atoms with Crippen molar-refractivity contribution in [2.75, 3.05) is 18.9 Å². The fourth-order valence-electron chi connectivity index (χ4n) is 2.83. The number of amides is 1. The molecule has 4 N–H and O–H groups in total. The van der Waals surface area contributed by atoms with Crippen molar-refractivity contribution < 1.29 is 9.90 Å². The van der Waals surface area contributed by atoms with Crippen LogP contribution in [-0.4, -0.2) is 24.2 Å². The lowest BCUT2D eigenvalue weighted by Gasteiger charge is -2.35. The first-order chi connectivity index (χ1) is 9.97. The second kappa shape index (κ2) is 6.86. The Labute approximate surface area is 134 Å². The van der Waals surface area contributed by atoms with Crippen LogP contribution in [0.15, 0.2) is 12.1 Å². The summed E-state index contributed by atoms with van der Waals surface area (Å²) in [5, 5.41) is 13.0. The van der Waals surface area contributed by atoms with E-state index in [0.29, 0.717) is 12.2 Å². The van der Waals surface area contributed by atoms with Crippen LogP contribution in [0.1, 0.15) is 42.5 Å². The number of nitrogens with one attached hydrogen (secondary N) is 1. The molecular weight excluding hydrogens is 311 g/mol. The van der Waals surface area contributed by atoms with Crippen LogP contribution < -0.4 is 11.1 Å². The Balaban J connectivity index is 2.08. The van der Waals surface area contributed by atoms with Gasteiger partial charge in [-0.15, -0.1) is 0 Å². The van der Waals surface area contributed by atoms with E-state index in [1.165, 1.54) is 18.6 Å². The van der Waals surface area contributed by atoms with Crippen LogP contribution in [-0.2, 0) is 0 Å². The van der Waals surface area contributed by atoms with E-state index in [9.17, 15) is 9.90 Å². The number of rotatable bonds is 4. The lowest BCUT2D eigenvalue weighted by atomic mass is 9.74. The summed E-state index contributed by atoms with van der Waals surface area (Å²) in [5.41, 5.74) is 6.14. The first-order valence-corrected chi connectivity index (χ1v) is 7.87. The molecule has 0 radical (unpaired) electrons. The summed E-state index contributed by atoms with van der Waals surface area (Å²) in [7, 11) is 0. The highest BCUT2D eigenvalue weighted by Crippen LogP contribution is 2.35. The van der Waals surface area contributed by atoms with Crippen LogP contribution >= 0.6 is 23.2 Å². The van der Waals surface area contributed by atoms with Gasteiger partial charge < -0.3 is 16.2 Å². The average molecular weight is 331 g/mol. The highest BCUT2D eigenvalue weighted by Gasteiger charge is 2.32. The summed E-state index contributed by atoms with van der Waals surface area (Å²) in [6, 6.07) is 3.02. The minimum atomic E-state index is -0.312. The van der Waals surface area contributed by atoms with Gasteiger partial charge in [0.05, 0.1) is 22.2 Å². The predicted molar refractivity (Wildman–Crippen MR) is 85.8 cm³/mol. The predicted octanol–water partition coefficient (Wildman–Crippen LogP) is 3.25. The molecule has 1 amide bonds. The van der Waals surface area contributed by atoms with Gasteiger partial charge in [-0.1, -0.05) is 42.5 Å². The van der Waals surface area contributed by atoms with E-state index < -0.39 is 0 Å². The monoisotopic (exact) mass is 330 g/mol. The Bertz CT molecular complexity index is 529. The fraction of sp³-hybridized carbons (Fsp3) is 0.533. The topological polar surface area (TPSA) is 75.4 Å². The Kier molecular flexibility index (Phi) is 5.36. The van der Waals surface area contributed by atoms with Gasteiger partial charge in [0, 0.05) is 17.6 Å². The lowest BCUT2D eigenvalue weighted by Crippen LogP contribution is -2.41. The Hall–Kier alpha value is -0.970. The van der Waals surface area contributed by atoms with Gasteiger partial charge in [0.25, 0.3) is 5.91 Å². The third kappa shape index (κ3) is 3.82. The van der Waals surface area contributed by atoms with Crippen LogP contribution in [0.4, 0.5) is 5.69 Å². The minimum absolute atomic E-state index is 0.0820. The molecule has 0 atom stereocenters. The Morgan fingerprint density at radius 2 is 1.95 bits per heavy atom. The molecule has 0 unspecified atom stereocenters. The third-order valence-corrected chi connectivity index (χ3v) is 4.97. The molecule has 1 aliphatic carbocycles. The summed E-state index contributed by atoms with van der Waals surface area (Å²) in [5.74, 6) is -0.312. The number of aliphatic hydroxyl groups is 1. The number of hydrogen-bond donors (Lipinski definition) is 3. The molecule has 0 aliphatic heterocycles. The number of aliphatic hydroxyl groups excluding tert-OH is 1. The van der Waals surface area contributed by atoms with Crippen molar-refractivity contribution in [1.82, 2.24) is 5.32 Å². The van der Waals surface area contributed by atoms with E-state index in [1.54, 1.807) is 0 Å². The molecule has 0 saturated heterocycles. The number of benzene rings is 1. The smallest absolute Gasteiger partial charge is 0.252 e. The Morgan fingerprint density at radius 3 is 2.57 bits per heavy atom. The van der Waals surface area contributed by atoms with Gasteiger partial charge in [0.1, 0.15) is 0 Å². The maximum absolute atomic E-state index is 12.3. The zero-order valence-electron chi connectivity index (χ0n) is 11.8. The number of halogens is 2. The van der Waals surface area contributed by atoms with Gasteiger partial charge in [-0.05, 0) is 25.0 Å². The zero-order chi connectivity index (χ0) is 15.5. The number of hydrogen-bond acceptors (Lipinski definition) is 3. The largest absolute Gasteiger partial charge is 0.399 e. The summed E-state index contributed by atoms with van der Waals surface area (Å²) < 4.78 is 0. The molecule has 0 heterocycles. The molecular formula is C15H20Cl2N2O2. The van der Waals surface area contributed by atoms with E-state index in [-0.39, 0.29) is 33.5 Å². The number of nitrogens with two attached hydrogens (primary N) is 1. The SMILES string of the molecule is Nc1cc(Cl)c(Cl)c(C(=O)NCC2(CO)CCCCC2)c1. The molecule has 1 aromatic rings. The molecule has 0 spiro atoms. The lowest BCUT2D eigenvalue weighted by molar-refractivity contribution is 0.0718. The van der Waals surface area contributed by atoms with Gasteiger partial charge in [-0.3, -0.25) is 4.79 Å². The van der Waals surface area contributed by atoms with Crippen molar-refractivity contribution in [2.24, 2.45) is 5.41 Å².